The summed E-state index contributed by atoms with van der Waals surface area (Å²) in [6.45, 7) is 0. The van der Waals surface area contributed by atoms with E-state index in [0.717, 1.165) is 0 Å². The number of alkyl halides is 3. The molecule has 9 heteroatoms. The van der Waals surface area contributed by atoms with Crippen LogP contribution in [0.2, 0.25) is 0 Å². The van der Waals surface area contributed by atoms with Gasteiger partial charge < -0.3 is 0 Å². The maximum absolute atomic E-state index is 12.9. The van der Waals surface area contributed by atoms with Gasteiger partial charge in [-0.2, -0.15) is 17.6 Å². The fraction of sp³-hybridized carbons (Fsp3) is 0.143. The Morgan fingerprint density at radius 2 is 1.62 bits per heavy atom. The second kappa shape index (κ2) is 3.65. The third-order valence-corrected chi connectivity index (χ3v) is 1.62. The number of nitrogens with zero attached hydrogens (tertiary/aromatic N) is 1. The molecule has 0 spiro atoms. The molecule has 1 rings (SSSR count). The van der Waals surface area contributed by atoms with Gasteiger partial charge in [-0.25, -0.2) is 8.78 Å². The van der Waals surface area contributed by atoms with Crippen molar-refractivity contribution in [2.75, 3.05) is 0 Å². The first-order valence-electron chi connectivity index (χ1n) is 3.55. The highest BCUT2D eigenvalue weighted by molar-refractivity contribution is 5.40. The van der Waals surface area contributed by atoms with Crippen molar-refractivity contribution in [3.8, 4) is 0 Å². The van der Waals surface area contributed by atoms with Crippen LogP contribution in [-0.2, 0) is 6.18 Å². The van der Waals surface area contributed by atoms with E-state index in [1.807, 2.05) is 0 Å². The maximum atomic E-state index is 12.9. The molecule has 1 aromatic carbocycles. The molecule has 0 aromatic heterocycles. The van der Waals surface area contributed by atoms with E-state index in [-0.39, 0.29) is 6.07 Å². The lowest BCUT2D eigenvalue weighted by atomic mass is 10.1. The number of halogens is 6. The summed E-state index contributed by atoms with van der Waals surface area (Å²) < 4.78 is 74.3. The largest absolute Gasteiger partial charge is 0.422 e. The minimum atomic E-state index is -5.55. The molecular weight excluding hydrogens is 244 g/mol. The zero-order chi connectivity index (χ0) is 12.7. The lowest BCUT2D eigenvalue weighted by molar-refractivity contribution is -0.388. The molecule has 0 aliphatic rings. The highest BCUT2D eigenvalue weighted by Crippen LogP contribution is 2.37. The molecule has 0 aliphatic heterocycles. The molecule has 16 heavy (non-hydrogen) atoms. The predicted octanol–water partition coefficient (Wildman–Crippen LogP) is 3.03. The first kappa shape index (κ1) is 12.3. The molecule has 88 valence electrons. The maximum Gasteiger partial charge on any atom is 0.422 e. The van der Waals surface area contributed by atoms with Gasteiger partial charge in [0.25, 0.3) is 0 Å². The number of hydrogen-bond donors (Lipinski definition) is 0. The molecule has 0 heterocycles. The van der Waals surface area contributed by atoms with Crippen molar-refractivity contribution in [1.29, 1.82) is 0 Å². The van der Waals surface area contributed by atoms with Gasteiger partial charge in [-0.15, -0.1) is 0 Å². The van der Waals surface area contributed by atoms with Crippen LogP contribution in [0.15, 0.2) is 6.07 Å². The number of nitro groups is 1. The standard InChI is InChI=1S/C7HF6NO2/c8-2-1-3(14(15)16)6(10)4(5(2)9)7(11,12)13/h1H. The number of nitro benzene ring substituents is 1. The SMILES string of the molecule is O=[N+]([O-])c1cc(F)c(F)c(C(F)(F)F)c1F. The van der Waals surface area contributed by atoms with Crippen molar-refractivity contribution in [3.63, 3.8) is 0 Å². The first-order valence-corrected chi connectivity index (χ1v) is 3.55. The predicted molar refractivity (Wildman–Crippen MR) is 38.0 cm³/mol. The Morgan fingerprint density at radius 1 is 1.12 bits per heavy atom. The third-order valence-electron chi connectivity index (χ3n) is 1.62. The molecule has 0 bridgehead atoms. The average molecular weight is 245 g/mol. The Labute approximate surface area is 83.4 Å². The van der Waals surface area contributed by atoms with Gasteiger partial charge in [0, 0.05) is 0 Å². The van der Waals surface area contributed by atoms with E-state index >= 15 is 0 Å². The smallest absolute Gasteiger partial charge is 0.258 e. The first-order chi connectivity index (χ1) is 7.16. The van der Waals surface area contributed by atoms with E-state index in [2.05, 4.69) is 0 Å². The summed E-state index contributed by atoms with van der Waals surface area (Å²) in [7, 11) is 0. The van der Waals surface area contributed by atoms with Gasteiger partial charge in [-0.3, -0.25) is 10.1 Å². The lowest BCUT2D eigenvalue weighted by Crippen LogP contribution is -2.14. The van der Waals surface area contributed by atoms with E-state index in [4.69, 9.17) is 0 Å². The van der Waals surface area contributed by atoms with Crippen molar-refractivity contribution in [3.05, 3.63) is 39.2 Å². The van der Waals surface area contributed by atoms with Crippen molar-refractivity contribution in [1.82, 2.24) is 0 Å². The third kappa shape index (κ3) is 1.92. The van der Waals surface area contributed by atoms with Gasteiger partial charge in [0.1, 0.15) is 5.56 Å². The fourth-order valence-electron chi connectivity index (χ4n) is 0.972. The second-order valence-electron chi connectivity index (χ2n) is 2.64. The summed E-state index contributed by atoms with van der Waals surface area (Å²) in [4.78, 5) is 8.50. The van der Waals surface area contributed by atoms with Gasteiger partial charge >= 0.3 is 11.9 Å². The molecule has 0 fully saturated rings. The summed E-state index contributed by atoms with van der Waals surface area (Å²) in [6, 6.07) is -0.250. The lowest BCUT2D eigenvalue weighted by Gasteiger charge is -2.09. The van der Waals surface area contributed by atoms with Crippen LogP contribution in [-0.4, -0.2) is 4.92 Å². The van der Waals surface area contributed by atoms with Crippen molar-refractivity contribution in [2.24, 2.45) is 0 Å². The monoisotopic (exact) mass is 245 g/mol. The van der Waals surface area contributed by atoms with E-state index in [1.165, 1.54) is 0 Å². The zero-order valence-electron chi connectivity index (χ0n) is 7.11. The Hall–Kier alpha value is -1.80. The van der Waals surface area contributed by atoms with E-state index < -0.39 is 39.8 Å². The zero-order valence-corrected chi connectivity index (χ0v) is 7.11. The summed E-state index contributed by atoms with van der Waals surface area (Å²) in [5.74, 6) is -7.09. The molecule has 3 nitrogen and oxygen atoms in total. The van der Waals surface area contributed by atoms with Crippen LogP contribution in [0.4, 0.5) is 32.0 Å². The van der Waals surface area contributed by atoms with Crippen LogP contribution >= 0.6 is 0 Å². The van der Waals surface area contributed by atoms with Crippen LogP contribution in [0.3, 0.4) is 0 Å². The molecule has 0 radical (unpaired) electrons. The van der Waals surface area contributed by atoms with Crippen LogP contribution in [0.25, 0.3) is 0 Å². The molecule has 1 aromatic rings. The minimum Gasteiger partial charge on any atom is -0.258 e. The molecule has 0 amide bonds. The Bertz CT molecular complexity index is 455. The number of hydrogen-bond acceptors (Lipinski definition) is 2. The minimum absolute atomic E-state index is 0.250. The van der Waals surface area contributed by atoms with Gasteiger partial charge in [0.2, 0.25) is 5.82 Å². The molecule has 0 saturated carbocycles. The van der Waals surface area contributed by atoms with Crippen LogP contribution in [0.1, 0.15) is 5.56 Å². The van der Waals surface area contributed by atoms with E-state index in [1.54, 1.807) is 0 Å². The molecule has 0 aliphatic carbocycles. The number of rotatable bonds is 1. The summed E-state index contributed by atoms with van der Waals surface area (Å²) in [5, 5.41) is 10.1. The molecule has 0 unspecified atom stereocenters. The highest BCUT2D eigenvalue weighted by atomic mass is 19.4. The number of benzene rings is 1. The van der Waals surface area contributed by atoms with Crippen molar-refractivity contribution in [2.45, 2.75) is 6.18 Å². The molecule has 0 atom stereocenters. The van der Waals surface area contributed by atoms with Gasteiger partial charge in [0.15, 0.2) is 11.6 Å². The van der Waals surface area contributed by atoms with E-state index in [9.17, 15) is 36.5 Å². The molecule has 0 N–H and O–H groups in total. The summed E-state index contributed by atoms with van der Waals surface area (Å²) >= 11 is 0. The van der Waals surface area contributed by atoms with Gasteiger partial charge in [-0.1, -0.05) is 0 Å². The van der Waals surface area contributed by atoms with Gasteiger partial charge in [-0.05, 0) is 0 Å². The fourth-order valence-corrected chi connectivity index (χ4v) is 0.972. The van der Waals surface area contributed by atoms with E-state index in [0.29, 0.717) is 0 Å². The average Bonchev–Trinajstić information content (AvgIpc) is 2.08. The van der Waals surface area contributed by atoms with Crippen LogP contribution in [0.5, 0.6) is 0 Å². The topological polar surface area (TPSA) is 43.1 Å². The Kier molecular flexibility index (Phi) is 2.80. The summed E-state index contributed by atoms with van der Waals surface area (Å²) in [6.07, 6.45) is -5.55. The summed E-state index contributed by atoms with van der Waals surface area (Å²) in [5.41, 5.74) is -4.38. The normalized spacial score (nSPS) is 11.6. The van der Waals surface area contributed by atoms with Crippen LogP contribution in [0, 0.1) is 27.6 Å². The van der Waals surface area contributed by atoms with Crippen molar-refractivity contribution >= 4 is 5.69 Å². The van der Waals surface area contributed by atoms with Crippen LogP contribution < -0.4 is 0 Å². The highest BCUT2D eigenvalue weighted by Gasteiger charge is 2.42. The van der Waals surface area contributed by atoms with Gasteiger partial charge in [0.05, 0.1) is 11.0 Å². The van der Waals surface area contributed by atoms with Crippen molar-refractivity contribution < 1.29 is 31.3 Å². The quantitative estimate of drug-likeness (QED) is 0.330. The molecule has 0 saturated heterocycles. The Balaban J connectivity index is 3.66. The second-order valence-corrected chi connectivity index (χ2v) is 2.64. The Morgan fingerprint density at radius 3 is 2.00 bits per heavy atom. The molecular formula is C7HF6NO2.